The summed E-state index contributed by atoms with van der Waals surface area (Å²) in [6, 6.07) is 13.3. The number of furan rings is 1. The predicted molar refractivity (Wildman–Crippen MR) is 93.5 cm³/mol. The van der Waals surface area contributed by atoms with Crippen molar-refractivity contribution < 1.29 is 14.0 Å². The standard InChI is InChI=1S/C18H14ClN3O3/c19-13-3-1-4-14(10-13)22-17(23)12-6-7-20-16(9-12)18(24)21-11-15-5-2-8-25-15/h1-10H,11H2,(H,21,24)(H,22,23). The number of pyridine rings is 1. The van der Waals surface area contributed by atoms with Crippen LogP contribution < -0.4 is 10.6 Å². The van der Waals surface area contributed by atoms with E-state index in [1.807, 2.05) is 0 Å². The molecule has 0 saturated carbocycles. The minimum Gasteiger partial charge on any atom is -0.467 e. The van der Waals surface area contributed by atoms with Gasteiger partial charge in [0.15, 0.2) is 0 Å². The van der Waals surface area contributed by atoms with Crippen LogP contribution in [-0.2, 0) is 6.54 Å². The first-order valence-corrected chi connectivity index (χ1v) is 7.83. The molecule has 2 heterocycles. The second-order valence-electron chi connectivity index (χ2n) is 5.16. The Morgan fingerprint density at radius 2 is 1.96 bits per heavy atom. The Morgan fingerprint density at radius 1 is 1.08 bits per heavy atom. The smallest absolute Gasteiger partial charge is 0.270 e. The van der Waals surface area contributed by atoms with E-state index in [4.69, 9.17) is 16.0 Å². The van der Waals surface area contributed by atoms with Crippen molar-refractivity contribution in [3.63, 3.8) is 0 Å². The van der Waals surface area contributed by atoms with Gasteiger partial charge < -0.3 is 15.1 Å². The highest BCUT2D eigenvalue weighted by molar-refractivity contribution is 6.31. The first kappa shape index (κ1) is 16.7. The highest BCUT2D eigenvalue weighted by Crippen LogP contribution is 2.16. The Labute approximate surface area is 148 Å². The van der Waals surface area contributed by atoms with Crippen molar-refractivity contribution in [1.29, 1.82) is 0 Å². The van der Waals surface area contributed by atoms with Gasteiger partial charge in [-0.05, 0) is 42.5 Å². The van der Waals surface area contributed by atoms with Gasteiger partial charge in [-0.25, -0.2) is 0 Å². The van der Waals surface area contributed by atoms with Gasteiger partial charge in [0, 0.05) is 22.5 Å². The van der Waals surface area contributed by atoms with Crippen LogP contribution in [0.2, 0.25) is 5.02 Å². The predicted octanol–water partition coefficient (Wildman–Crippen LogP) is 3.51. The molecule has 0 radical (unpaired) electrons. The molecule has 3 rings (SSSR count). The van der Waals surface area contributed by atoms with E-state index < -0.39 is 5.91 Å². The monoisotopic (exact) mass is 355 g/mol. The van der Waals surface area contributed by atoms with E-state index in [1.165, 1.54) is 24.6 Å². The van der Waals surface area contributed by atoms with Crippen molar-refractivity contribution in [3.8, 4) is 0 Å². The van der Waals surface area contributed by atoms with Crippen LogP contribution in [0.4, 0.5) is 5.69 Å². The highest BCUT2D eigenvalue weighted by atomic mass is 35.5. The van der Waals surface area contributed by atoms with Gasteiger partial charge in [-0.15, -0.1) is 0 Å². The fourth-order valence-corrected chi connectivity index (χ4v) is 2.33. The van der Waals surface area contributed by atoms with Crippen LogP contribution in [0.3, 0.4) is 0 Å². The molecule has 126 valence electrons. The zero-order valence-corrected chi connectivity index (χ0v) is 13.8. The molecule has 25 heavy (non-hydrogen) atoms. The van der Waals surface area contributed by atoms with Crippen LogP contribution in [0.5, 0.6) is 0 Å². The van der Waals surface area contributed by atoms with Crippen molar-refractivity contribution >= 4 is 29.1 Å². The van der Waals surface area contributed by atoms with Crippen LogP contribution in [0, 0.1) is 0 Å². The van der Waals surface area contributed by atoms with Gasteiger partial charge in [0.1, 0.15) is 11.5 Å². The van der Waals surface area contributed by atoms with Crippen molar-refractivity contribution in [2.45, 2.75) is 6.54 Å². The van der Waals surface area contributed by atoms with E-state index in [9.17, 15) is 9.59 Å². The summed E-state index contributed by atoms with van der Waals surface area (Å²) in [5.74, 6) is -0.123. The number of hydrogen-bond acceptors (Lipinski definition) is 4. The quantitative estimate of drug-likeness (QED) is 0.733. The second-order valence-corrected chi connectivity index (χ2v) is 5.59. The fraction of sp³-hybridized carbons (Fsp3) is 0.0556. The maximum absolute atomic E-state index is 12.3. The number of nitrogens with one attached hydrogen (secondary N) is 2. The highest BCUT2D eigenvalue weighted by Gasteiger charge is 2.12. The van der Waals surface area contributed by atoms with Crippen LogP contribution in [0.15, 0.2) is 65.4 Å². The first-order valence-electron chi connectivity index (χ1n) is 7.45. The van der Waals surface area contributed by atoms with Crippen LogP contribution in [0.1, 0.15) is 26.6 Å². The first-order chi connectivity index (χ1) is 12.1. The topological polar surface area (TPSA) is 84.2 Å². The molecule has 2 amide bonds. The largest absolute Gasteiger partial charge is 0.467 e. The molecular weight excluding hydrogens is 342 g/mol. The molecule has 0 aliphatic rings. The Kier molecular flexibility index (Phi) is 5.11. The molecule has 7 heteroatoms. The van der Waals surface area contributed by atoms with Gasteiger partial charge in [0.2, 0.25) is 0 Å². The summed E-state index contributed by atoms with van der Waals surface area (Å²) in [5, 5.41) is 5.92. The summed E-state index contributed by atoms with van der Waals surface area (Å²) >= 11 is 5.90. The molecule has 0 fully saturated rings. The molecule has 0 aliphatic heterocycles. The van der Waals surface area contributed by atoms with Gasteiger partial charge in [-0.2, -0.15) is 0 Å². The summed E-state index contributed by atoms with van der Waals surface area (Å²) in [6.45, 7) is 0.243. The second kappa shape index (κ2) is 7.63. The molecule has 0 saturated heterocycles. The summed E-state index contributed by atoms with van der Waals surface area (Å²) in [5.41, 5.74) is 1.03. The number of amides is 2. The van der Waals surface area contributed by atoms with Gasteiger partial charge >= 0.3 is 0 Å². The van der Waals surface area contributed by atoms with Gasteiger partial charge in [-0.3, -0.25) is 14.6 Å². The van der Waals surface area contributed by atoms with Crippen molar-refractivity contribution in [1.82, 2.24) is 10.3 Å². The summed E-state index contributed by atoms with van der Waals surface area (Å²) < 4.78 is 5.15. The number of rotatable bonds is 5. The van der Waals surface area contributed by atoms with Crippen molar-refractivity contribution in [3.05, 3.63) is 83.0 Å². The minimum absolute atomic E-state index is 0.144. The lowest BCUT2D eigenvalue weighted by atomic mass is 10.2. The molecule has 0 atom stereocenters. The zero-order valence-electron chi connectivity index (χ0n) is 13.0. The molecule has 0 aliphatic carbocycles. The van der Waals surface area contributed by atoms with Crippen LogP contribution >= 0.6 is 11.6 Å². The van der Waals surface area contributed by atoms with Crippen LogP contribution in [0.25, 0.3) is 0 Å². The van der Waals surface area contributed by atoms with Crippen LogP contribution in [-0.4, -0.2) is 16.8 Å². The Hall–Kier alpha value is -3.12. The van der Waals surface area contributed by atoms with E-state index in [1.54, 1.807) is 36.4 Å². The lowest BCUT2D eigenvalue weighted by Crippen LogP contribution is -2.24. The van der Waals surface area contributed by atoms with E-state index in [2.05, 4.69) is 15.6 Å². The molecule has 0 bridgehead atoms. The zero-order chi connectivity index (χ0) is 17.6. The maximum Gasteiger partial charge on any atom is 0.270 e. The number of anilines is 1. The van der Waals surface area contributed by atoms with Gasteiger partial charge in [-0.1, -0.05) is 17.7 Å². The SMILES string of the molecule is O=C(Nc1cccc(Cl)c1)c1ccnc(C(=O)NCc2ccco2)c1. The maximum atomic E-state index is 12.3. The molecule has 2 N–H and O–H groups in total. The molecule has 3 aromatic rings. The Balaban J connectivity index is 1.67. The number of hydrogen-bond donors (Lipinski definition) is 2. The lowest BCUT2D eigenvalue weighted by molar-refractivity contribution is 0.0943. The number of carbonyl (C=O) groups is 2. The lowest BCUT2D eigenvalue weighted by Gasteiger charge is -2.07. The Bertz CT molecular complexity index is 894. The molecular formula is C18H14ClN3O3. The van der Waals surface area contributed by atoms with Crippen molar-refractivity contribution in [2.24, 2.45) is 0 Å². The van der Waals surface area contributed by atoms with E-state index in [0.717, 1.165) is 0 Å². The molecule has 2 aromatic heterocycles. The minimum atomic E-state index is -0.395. The third-order valence-corrected chi connectivity index (χ3v) is 3.58. The Morgan fingerprint density at radius 3 is 2.72 bits per heavy atom. The van der Waals surface area contributed by atoms with E-state index in [0.29, 0.717) is 22.0 Å². The number of carbonyl (C=O) groups excluding carboxylic acids is 2. The molecule has 1 aromatic carbocycles. The van der Waals surface area contributed by atoms with Gasteiger partial charge in [0.25, 0.3) is 11.8 Å². The van der Waals surface area contributed by atoms with E-state index in [-0.39, 0.29) is 18.1 Å². The number of aromatic nitrogens is 1. The average molecular weight is 356 g/mol. The third-order valence-electron chi connectivity index (χ3n) is 3.34. The van der Waals surface area contributed by atoms with Crippen molar-refractivity contribution in [2.75, 3.05) is 5.32 Å². The number of benzene rings is 1. The number of nitrogens with zero attached hydrogens (tertiary/aromatic N) is 1. The molecule has 0 unspecified atom stereocenters. The molecule has 0 spiro atoms. The number of halogens is 1. The molecule has 6 nitrogen and oxygen atoms in total. The summed E-state index contributed by atoms with van der Waals surface area (Å²) in [6.07, 6.45) is 2.94. The summed E-state index contributed by atoms with van der Waals surface area (Å²) in [7, 11) is 0. The van der Waals surface area contributed by atoms with Gasteiger partial charge in [0.05, 0.1) is 12.8 Å². The van der Waals surface area contributed by atoms with E-state index >= 15 is 0 Å². The average Bonchev–Trinajstić information content (AvgIpc) is 3.13. The third kappa shape index (κ3) is 4.45. The normalized spacial score (nSPS) is 10.3. The fourth-order valence-electron chi connectivity index (χ4n) is 2.14. The summed E-state index contributed by atoms with van der Waals surface area (Å²) in [4.78, 5) is 28.5.